The van der Waals surface area contributed by atoms with Gasteiger partial charge in [-0.15, -0.1) is 0 Å². The number of rotatable bonds is 5. The summed E-state index contributed by atoms with van der Waals surface area (Å²) in [5.74, 6) is 0.947. The van der Waals surface area contributed by atoms with Gasteiger partial charge < -0.3 is 13.9 Å². The Morgan fingerprint density at radius 2 is 1.71 bits per heavy atom. The lowest BCUT2D eigenvalue weighted by molar-refractivity contribution is 0.305. The molecule has 140 valence electrons. The average molecular weight is 376 g/mol. The van der Waals surface area contributed by atoms with Crippen molar-refractivity contribution in [3.63, 3.8) is 0 Å². The number of hydrogen-bond acceptors (Lipinski definition) is 4. The summed E-state index contributed by atoms with van der Waals surface area (Å²) in [4.78, 5) is 12.4. The van der Waals surface area contributed by atoms with E-state index in [2.05, 4.69) is 0 Å². The molecule has 0 fully saturated rings. The number of ether oxygens (including phenoxy) is 2. The number of fused-ring (bicyclic) bond motifs is 1. The van der Waals surface area contributed by atoms with Gasteiger partial charge in [-0.1, -0.05) is 24.3 Å². The molecule has 4 aromatic rings. The molecule has 0 bridgehead atoms. The van der Waals surface area contributed by atoms with E-state index in [0.717, 1.165) is 16.5 Å². The van der Waals surface area contributed by atoms with Crippen molar-refractivity contribution in [3.05, 3.63) is 94.6 Å². The normalized spacial score (nSPS) is 10.8. The smallest absolute Gasteiger partial charge is 0.344 e. The standard InChI is InChI=1S/C23H17FO4/c1-26-19-8-5-16(6-9-19)21-12-17-7-10-20(13-22(17)28-23(21)25)27-14-15-3-2-4-18(24)11-15/h2-13H,14H2,1H3. The van der Waals surface area contributed by atoms with Gasteiger partial charge in [0.1, 0.15) is 29.5 Å². The topological polar surface area (TPSA) is 48.7 Å². The van der Waals surface area contributed by atoms with Crippen LogP contribution in [0.3, 0.4) is 0 Å². The van der Waals surface area contributed by atoms with E-state index >= 15 is 0 Å². The third-order valence-corrected chi connectivity index (χ3v) is 4.40. The summed E-state index contributed by atoms with van der Waals surface area (Å²) in [6.07, 6.45) is 0. The van der Waals surface area contributed by atoms with Crippen LogP contribution in [0.5, 0.6) is 11.5 Å². The average Bonchev–Trinajstić information content (AvgIpc) is 2.72. The van der Waals surface area contributed by atoms with Gasteiger partial charge in [0.15, 0.2) is 0 Å². The highest BCUT2D eigenvalue weighted by atomic mass is 19.1. The molecule has 4 rings (SSSR count). The number of benzene rings is 3. The molecule has 0 atom stereocenters. The van der Waals surface area contributed by atoms with Crippen LogP contribution in [0.15, 0.2) is 82.0 Å². The van der Waals surface area contributed by atoms with E-state index in [1.807, 2.05) is 18.2 Å². The Hall–Kier alpha value is -3.60. The second kappa shape index (κ2) is 7.56. The molecule has 0 aliphatic carbocycles. The summed E-state index contributed by atoms with van der Waals surface area (Å²) in [5, 5.41) is 0.781. The quantitative estimate of drug-likeness (QED) is 0.450. The molecule has 0 saturated carbocycles. The van der Waals surface area contributed by atoms with E-state index in [4.69, 9.17) is 13.9 Å². The van der Waals surface area contributed by atoms with Crippen LogP contribution in [0.2, 0.25) is 0 Å². The number of hydrogen-bond donors (Lipinski definition) is 0. The first-order valence-electron chi connectivity index (χ1n) is 8.72. The van der Waals surface area contributed by atoms with Crippen molar-refractivity contribution in [3.8, 4) is 22.6 Å². The van der Waals surface area contributed by atoms with Crippen LogP contribution in [0.1, 0.15) is 5.56 Å². The second-order valence-electron chi connectivity index (χ2n) is 6.29. The lowest BCUT2D eigenvalue weighted by Gasteiger charge is -2.08. The lowest BCUT2D eigenvalue weighted by Crippen LogP contribution is -2.03. The SMILES string of the molecule is COc1ccc(-c2cc3ccc(OCc4cccc(F)c4)cc3oc2=O)cc1. The van der Waals surface area contributed by atoms with Gasteiger partial charge in [0.05, 0.1) is 12.7 Å². The molecule has 0 aliphatic heterocycles. The molecule has 1 aromatic heterocycles. The van der Waals surface area contributed by atoms with Crippen LogP contribution in [-0.2, 0) is 6.61 Å². The Labute approximate surface area is 160 Å². The van der Waals surface area contributed by atoms with Gasteiger partial charge in [0, 0.05) is 11.5 Å². The van der Waals surface area contributed by atoms with Crippen LogP contribution in [0.25, 0.3) is 22.1 Å². The van der Waals surface area contributed by atoms with E-state index < -0.39 is 5.63 Å². The Morgan fingerprint density at radius 3 is 2.46 bits per heavy atom. The highest BCUT2D eigenvalue weighted by Gasteiger charge is 2.09. The third-order valence-electron chi connectivity index (χ3n) is 4.40. The minimum Gasteiger partial charge on any atom is -0.497 e. The molecule has 4 nitrogen and oxygen atoms in total. The molecular weight excluding hydrogens is 359 g/mol. The molecule has 0 spiro atoms. The number of halogens is 1. The summed E-state index contributed by atoms with van der Waals surface area (Å²) in [6.45, 7) is 0.220. The Bertz CT molecular complexity index is 1180. The first kappa shape index (κ1) is 17.8. The van der Waals surface area contributed by atoms with Crippen LogP contribution >= 0.6 is 0 Å². The highest BCUT2D eigenvalue weighted by molar-refractivity contribution is 5.82. The zero-order valence-electron chi connectivity index (χ0n) is 15.1. The monoisotopic (exact) mass is 376 g/mol. The first-order valence-corrected chi connectivity index (χ1v) is 8.72. The molecule has 1 heterocycles. The summed E-state index contributed by atoms with van der Waals surface area (Å²) in [5.41, 5.74) is 1.95. The van der Waals surface area contributed by atoms with E-state index in [9.17, 15) is 9.18 Å². The fourth-order valence-corrected chi connectivity index (χ4v) is 2.95. The number of methoxy groups -OCH3 is 1. The Balaban J connectivity index is 1.61. The van der Waals surface area contributed by atoms with Crippen molar-refractivity contribution in [2.75, 3.05) is 7.11 Å². The molecule has 28 heavy (non-hydrogen) atoms. The van der Waals surface area contributed by atoms with Gasteiger partial charge in [-0.2, -0.15) is 0 Å². The van der Waals surface area contributed by atoms with Gasteiger partial charge in [-0.25, -0.2) is 9.18 Å². The fraction of sp³-hybridized carbons (Fsp3) is 0.0870. The van der Waals surface area contributed by atoms with E-state index in [-0.39, 0.29) is 12.4 Å². The van der Waals surface area contributed by atoms with Crippen LogP contribution < -0.4 is 15.1 Å². The van der Waals surface area contributed by atoms with E-state index in [1.54, 1.807) is 49.6 Å². The molecule has 0 radical (unpaired) electrons. The molecule has 0 unspecified atom stereocenters. The molecule has 0 N–H and O–H groups in total. The van der Waals surface area contributed by atoms with Crippen LogP contribution in [-0.4, -0.2) is 7.11 Å². The molecule has 0 amide bonds. The third kappa shape index (κ3) is 3.74. The van der Waals surface area contributed by atoms with Crippen molar-refractivity contribution < 1.29 is 18.3 Å². The molecule has 3 aromatic carbocycles. The predicted molar refractivity (Wildman–Crippen MR) is 105 cm³/mol. The lowest BCUT2D eigenvalue weighted by atomic mass is 10.1. The molecule has 0 aliphatic rings. The van der Waals surface area contributed by atoms with Crippen LogP contribution in [0, 0.1) is 5.82 Å². The van der Waals surface area contributed by atoms with Crippen LogP contribution in [0.4, 0.5) is 4.39 Å². The molecule has 5 heteroatoms. The fourth-order valence-electron chi connectivity index (χ4n) is 2.95. The zero-order chi connectivity index (χ0) is 19.5. The maximum absolute atomic E-state index is 13.3. The maximum atomic E-state index is 13.3. The Kier molecular flexibility index (Phi) is 4.81. The van der Waals surface area contributed by atoms with E-state index in [1.165, 1.54) is 12.1 Å². The van der Waals surface area contributed by atoms with Gasteiger partial charge in [-0.05, 0) is 53.6 Å². The maximum Gasteiger partial charge on any atom is 0.344 e. The van der Waals surface area contributed by atoms with Crippen molar-refractivity contribution in [2.24, 2.45) is 0 Å². The molecular formula is C23H17FO4. The minimum absolute atomic E-state index is 0.220. The van der Waals surface area contributed by atoms with Crippen molar-refractivity contribution in [1.29, 1.82) is 0 Å². The van der Waals surface area contributed by atoms with Gasteiger partial charge in [0.25, 0.3) is 0 Å². The molecule has 0 saturated heterocycles. The van der Waals surface area contributed by atoms with Gasteiger partial charge in [-0.3, -0.25) is 0 Å². The largest absolute Gasteiger partial charge is 0.497 e. The predicted octanol–water partition coefficient (Wildman–Crippen LogP) is 5.19. The van der Waals surface area contributed by atoms with Crippen molar-refractivity contribution in [2.45, 2.75) is 6.61 Å². The second-order valence-corrected chi connectivity index (χ2v) is 6.29. The van der Waals surface area contributed by atoms with E-state index in [0.29, 0.717) is 22.6 Å². The summed E-state index contributed by atoms with van der Waals surface area (Å²) in [7, 11) is 1.59. The van der Waals surface area contributed by atoms with Crippen molar-refractivity contribution >= 4 is 11.0 Å². The first-order chi connectivity index (χ1) is 13.6. The van der Waals surface area contributed by atoms with Gasteiger partial charge in [0.2, 0.25) is 0 Å². The summed E-state index contributed by atoms with van der Waals surface area (Å²) >= 11 is 0. The Morgan fingerprint density at radius 1 is 0.929 bits per heavy atom. The van der Waals surface area contributed by atoms with Gasteiger partial charge >= 0.3 is 5.63 Å². The van der Waals surface area contributed by atoms with Crippen molar-refractivity contribution in [1.82, 2.24) is 0 Å². The minimum atomic E-state index is -0.431. The zero-order valence-corrected chi connectivity index (χ0v) is 15.1. The highest BCUT2D eigenvalue weighted by Crippen LogP contribution is 2.26. The summed E-state index contributed by atoms with van der Waals surface area (Å²) in [6, 6.07) is 20.5. The summed E-state index contributed by atoms with van der Waals surface area (Å²) < 4.78 is 29.6.